The quantitative estimate of drug-likeness (QED) is 0.352. The van der Waals surface area contributed by atoms with E-state index in [4.69, 9.17) is 4.98 Å². The summed E-state index contributed by atoms with van der Waals surface area (Å²) in [6.07, 6.45) is 1.83. The van der Waals surface area contributed by atoms with Gasteiger partial charge in [0.05, 0.1) is 21.4 Å². The summed E-state index contributed by atoms with van der Waals surface area (Å²) in [5, 5.41) is 11.2. The highest BCUT2D eigenvalue weighted by molar-refractivity contribution is 14.0. The molecule has 2 N–H and O–H groups in total. The lowest BCUT2D eigenvalue weighted by Crippen LogP contribution is -2.39. The predicted octanol–water partition coefficient (Wildman–Crippen LogP) is 4.08. The van der Waals surface area contributed by atoms with E-state index < -0.39 is 0 Å². The first-order chi connectivity index (χ1) is 11.8. The third-order valence-electron chi connectivity index (χ3n) is 3.88. The Bertz CT molecular complexity index is 696. The molecule has 0 atom stereocenters. The zero-order valence-corrected chi connectivity index (χ0v) is 20.4. The molecule has 0 unspecified atom stereocenters. The first-order valence-electron chi connectivity index (χ1n) is 8.62. The zero-order valence-electron chi connectivity index (χ0n) is 16.5. The van der Waals surface area contributed by atoms with Crippen molar-refractivity contribution >= 4 is 52.6 Å². The predicted molar refractivity (Wildman–Crippen MR) is 125 cm³/mol. The molecule has 0 bridgehead atoms. The van der Waals surface area contributed by atoms with E-state index in [2.05, 4.69) is 60.6 Å². The van der Waals surface area contributed by atoms with Crippen LogP contribution in [0.1, 0.15) is 47.1 Å². The Morgan fingerprint density at radius 2 is 1.69 bits per heavy atom. The Morgan fingerprint density at radius 1 is 1.08 bits per heavy atom. The summed E-state index contributed by atoms with van der Waals surface area (Å²) >= 11 is 3.51. The molecule has 0 radical (unpaired) electrons. The fraction of sp³-hybridized carbons (Fsp3) is 0.611. The van der Waals surface area contributed by atoms with Gasteiger partial charge >= 0.3 is 0 Å². The summed E-state index contributed by atoms with van der Waals surface area (Å²) in [6, 6.07) is 0. The van der Waals surface area contributed by atoms with Crippen LogP contribution in [0.3, 0.4) is 0 Å². The fourth-order valence-corrected chi connectivity index (χ4v) is 4.17. The van der Waals surface area contributed by atoms with Crippen molar-refractivity contribution in [1.82, 2.24) is 20.6 Å². The summed E-state index contributed by atoms with van der Waals surface area (Å²) in [6.45, 7) is 12.4. The van der Waals surface area contributed by atoms with Gasteiger partial charge in [-0.05, 0) is 13.8 Å². The summed E-state index contributed by atoms with van der Waals surface area (Å²) in [4.78, 5) is 14.9. The van der Waals surface area contributed by atoms with Crippen LogP contribution in [0.15, 0.2) is 10.4 Å². The molecule has 5 nitrogen and oxygen atoms in total. The second kappa shape index (κ2) is 10.6. The van der Waals surface area contributed by atoms with Crippen molar-refractivity contribution in [3.05, 3.63) is 31.7 Å². The molecule has 0 aromatic carbocycles. The Balaban J connectivity index is 0.00000338. The number of guanidine groups is 1. The van der Waals surface area contributed by atoms with E-state index in [0.29, 0.717) is 0 Å². The van der Waals surface area contributed by atoms with Crippen LogP contribution in [0, 0.1) is 13.8 Å². The number of aliphatic imine (C=N–C) groups is 1. The minimum absolute atomic E-state index is 0. The molecular weight excluding hydrogens is 477 g/mol. The largest absolute Gasteiger partial charge is 0.356 e. The van der Waals surface area contributed by atoms with E-state index in [1.54, 1.807) is 29.7 Å². The number of aryl methyl sites for hydroxylation is 2. The zero-order chi connectivity index (χ0) is 18.4. The monoisotopic (exact) mass is 507 g/mol. The van der Waals surface area contributed by atoms with Crippen molar-refractivity contribution < 1.29 is 0 Å². The van der Waals surface area contributed by atoms with Crippen molar-refractivity contribution in [2.45, 2.75) is 52.9 Å². The van der Waals surface area contributed by atoms with Gasteiger partial charge in [-0.3, -0.25) is 4.99 Å². The number of nitrogens with one attached hydrogen (secondary N) is 2. The summed E-state index contributed by atoms with van der Waals surface area (Å²) < 4.78 is 0. The molecule has 0 saturated heterocycles. The van der Waals surface area contributed by atoms with Gasteiger partial charge in [-0.1, -0.05) is 20.8 Å². The van der Waals surface area contributed by atoms with Crippen molar-refractivity contribution in [3.63, 3.8) is 0 Å². The molecule has 2 heterocycles. The summed E-state index contributed by atoms with van der Waals surface area (Å²) in [5.41, 5.74) is 2.43. The van der Waals surface area contributed by atoms with Crippen LogP contribution in [0.5, 0.6) is 0 Å². The van der Waals surface area contributed by atoms with Gasteiger partial charge in [0.1, 0.15) is 0 Å². The SMILES string of the molecule is CN=C(NCCc1nc(C(C)(C)C)cs1)NCCc1nc(C)c(C)s1.I. The van der Waals surface area contributed by atoms with Crippen molar-refractivity contribution in [2.75, 3.05) is 20.1 Å². The van der Waals surface area contributed by atoms with Crippen molar-refractivity contribution in [3.8, 4) is 0 Å². The third-order valence-corrected chi connectivity index (χ3v) is 5.92. The number of thiazole rings is 2. The van der Waals surface area contributed by atoms with Crippen molar-refractivity contribution in [1.29, 1.82) is 0 Å². The summed E-state index contributed by atoms with van der Waals surface area (Å²) in [5.74, 6) is 0.831. The standard InChI is InChI=1S/C18H29N5S2.HI/c1-12-13(2)25-16(22-12)8-10-21-17(19-6)20-9-7-15-23-14(11-24-15)18(3,4)5;/h11H,7-10H2,1-6H3,(H2,19,20,21);1H. The van der Waals surface area contributed by atoms with Gasteiger partial charge in [0.2, 0.25) is 0 Å². The maximum Gasteiger partial charge on any atom is 0.191 e. The minimum atomic E-state index is 0. The van der Waals surface area contributed by atoms with E-state index in [9.17, 15) is 0 Å². The molecule has 2 aromatic rings. The lowest BCUT2D eigenvalue weighted by molar-refractivity contribution is 0.570. The molecule has 0 saturated carbocycles. The molecule has 0 aliphatic carbocycles. The van der Waals surface area contributed by atoms with E-state index >= 15 is 0 Å². The third kappa shape index (κ3) is 7.11. The second-order valence-electron chi connectivity index (χ2n) is 7.05. The Hall–Kier alpha value is -0.740. The average Bonchev–Trinajstić information content (AvgIpc) is 3.13. The van der Waals surface area contributed by atoms with E-state index in [0.717, 1.165) is 37.6 Å². The number of hydrogen-bond donors (Lipinski definition) is 2. The second-order valence-corrected chi connectivity index (χ2v) is 9.28. The molecule has 0 spiro atoms. The van der Waals surface area contributed by atoms with Gasteiger partial charge in [0.25, 0.3) is 0 Å². The maximum absolute atomic E-state index is 4.73. The molecule has 0 aliphatic heterocycles. The van der Waals surface area contributed by atoms with E-state index in [-0.39, 0.29) is 29.4 Å². The van der Waals surface area contributed by atoms with E-state index in [1.807, 2.05) is 0 Å². The van der Waals surface area contributed by atoms with Gasteiger partial charge in [-0.25, -0.2) is 9.97 Å². The Labute approximate surface area is 182 Å². The number of halogens is 1. The highest BCUT2D eigenvalue weighted by Crippen LogP contribution is 2.23. The van der Waals surface area contributed by atoms with Gasteiger partial charge < -0.3 is 10.6 Å². The highest BCUT2D eigenvalue weighted by Gasteiger charge is 2.17. The Morgan fingerprint density at radius 3 is 2.15 bits per heavy atom. The maximum atomic E-state index is 4.73. The van der Waals surface area contributed by atoms with Crippen molar-refractivity contribution in [2.24, 2.45) is 4.99 Å². The molecule has 0 fully saturated rings. The van der Waals surface area contributed by atoms with Gasteiger partial charge in [0, 0.05) is 48.7 Å². The van der Waals surface area contributed by atoms with Crippen LogP contribution in [-0.4, -0.2) is 36.1 Å². The molecule has 26 heavy (non-hydrogen) atoms. The van der Waals surface area contributed by atoms with Gasteiger partial charge in [0.15, 0.2) is 5.96 Å². The molecule has 8 heteroatoms. The molecular formula is C18H30IN5S2. The van der Waals surface area contributed by atoms with Gasteiger partial charge in [-0.2, -0.15) is 0 Å². The number of rotatable bonds is 6. The van der Waals surface area contributed by atoms with Crippen LogP contribution in [0.25, 0.3) is 0 Å². The minimum Gasteiger partial charge on any atom is -0.356 e. The molecule has 146 valence electrons. The van der Waals surface area contributed by atoms with Gasteiger partial charge in [-0.15, -0.1) is 46.7 Å². The normalized spacial score (nSPS) is 12.0. The van der Waals surface area contributed by atoms with Crippen LogP contribution in [0.2, 0.25) is 0 Å². The number of hydrogen-bond acceptors (Lipinski definition) is 5. The van der Waals surface area contributed by atoms with Crippen LogP contribution in [0.4, 0.5) is 0 Å². The smallest absolute Gasteiger partial charge is 0.191 e. The number of nitrogens with zero attached hydrogens (tertiary/aromatic N) is 3. The molecule has 2 rings (SSSR count). The van der Waals surface area contributed by atoms with Crippen LogP contribution in [-0.2, 0) is 18.3 Å². The van der Waals surface area contributed by atoms with E-state index in [1.165, 1.54) is 20.6 Å². The highest BCUT2D eigenvalue weighted by atomic mass is 127. The topological polar surface area (TPSA) is 62.2 Å². The Kier molecular flexibility index (Phi) is 9.46. The first-order valence-corrected chi connectivity index (χ1v) is 10.3. The molecule has 0 amide bonds. The fourth-order valence-electron chi connectivity index (χ4n) is 2.21. The number of aromatic nitrogens is 2. The molecule has 0 aliphatic rings. The lowest BCUT2D eigenvalue weighted by atomic mass is 9.93. The summed E-state index contributed by atoms with van der Waals surface area (Å²) in [7, 11) is 1.80. The first kappa shape index (κ1) is 23.3. The van der Waals surface area contributed by atoms with Crippen LogP contribution >= 0.6 is 46.7 Å². The van der Waals surface area contributed by atoms with Crippen LogP contribution < -0.4 is 10.6 Å². The average molecular weight is 508 g/mol. The lowest BCUT2D eigenvalue weighted by Gasteiger charge is -2.14. The molecule has 2 aromatic heterocycles.